The van der Waals surface area contributed by atoms with Crippen molar-refractivity contribution >= 4 is 26.7 Å². The van der Waals surface area contributed by atoms with Crippen molar-refractivity contribution in [2.45, 2.75) is 26.3 Å². The lowest BCUT2D eigenvalue weighted by molar-refractivity contribution is 0.517. The second-order valence-corrected chi connectivity index (χ2v) is 4.93. The van der Waals surface area contributed by atoms with Gasteiger partial charge < -0.3 is 4.57 Å². The number of aromatic nitrogens is 1. The highest BCUT2D eigenvalue weighted by Gasteiger charge is 2.07. The minimum absolute atomic E-state index is 0.0966. The van der Waals surface area contributed by atoms with Crippen LogP contribution in [0.3, 0.4) is 0 Å². The lowest BCUT2D eigenvalue weighted by atomic mass is 10.1. The van der Waals surface area contributed by atoms with Crippen LogP contribution < -0.4 is 5.56 Å². The SMILES string of the molecule is CCC(C)n1ccc2cc(Br)ccc2c1=O. The highest BCUT2D eigenvalue weighted by molar-refractivity contribution is 9.10. The van der Waals surface area contributed by atoms with Crippen molar-refractivity contribution < 1.29 is 0 Å². The molecule has 16 heavy (non-hydrogen) atoms. The number of pyridine rings is 1. The van der Waals surface area contributed by atoms with Gasteiger partial charge in [0.1, 0.15) is 0 Å². The molecule has 2 rings (SSSR count). The number of benzene rings is 1. The van der Waals surface area contributed by atoms with Gasteiger partial charge in [0.15, 0.2) is 0 Å². The maximum atomic E-state index is 12.2. The van der Waals surface area contributed by atoms with Crippen LogP contribution >= 0.6 is 15.9 Å². The van der Waals surface area contributed by atoms with Gasteiger partial charge in [-0.15, -0.1) is 0 Å². The van der Waals surface area contributed by atoms with E-state index >= 15 is 0 Å². The minimum atomic E-state index is 0.0966. The standard InChI is InChI=1S/C13H14BrNO/c1-3-9(2)15-7-6-10-8-11(14)4-5-12(10)13(15)16/h4-9H,3H2,1-2H3. The van der Waals surface area contributed by atoms with Crippen LogP contribution in [-0.2, 0) is 0 Å². The maximum Gasteiger partial charge on any atom is 0.258 e. The largest absolute Gasteiger partial charge is 0.312 e. The van der Waals surface area contributed by atoms with E-state index in [0.717, 1.165) is 21.7 Å². The smallest absolute Gasteiger partial charge is 0.258 e. The second-order valence-electron chi connectivity index (χ2n) is 4.02. The summed E-state index contributed by atoms with van der Waals surface area (Å²) in [5, 5.41) is 1.77. The average Bonchev–Trinajstić information content (AvgIpc) is 2.28. The molecular formula is C13H14BrNO. The summed E-state index contributed by atoms with van der Waals surface area (Å²) in [6, 6.07) is 8.00. The Morgan fingerprint density at radius 1 is 1.38 bits per heavy atom. The Morgan fingerprint density at radius 2 is 2.12 bits per heavy atom. The Morgan fingerprint density at radius 3 is 2.81 bits per heavy atom. The zero-order valence-corrected chi connectivity index (χ0v) is 11.0. The lowest BCUT2D eigenvalue weighted by Crippen LogP contribution is -2.22. The fraction of sp³-hybridized carbons (Fsp3) is 0.308. The molecule has 1 atom stereocenters. The van der Waals surface area contributed by atoms with E-state index < -0.39 is 0 Å². The van der Waals surface area contributed by atoms with E-state index in [1.54, 1.807) is 4.57 Å². The lowest BCUT2D eigenvalue weighted by Gasteiger charge is -2.13. The molecular weight excluding hydrogens is 266 g/mol. The molecule has 0 aliphatic carbocycles. The van der Waals surface area contributed by atoms with Gasteiger partial charge in [0.2, 0.25) is 0 Å². The molecule has 1 unspecified atom stereocenters. The van der Waals surface area contributed by atoms with Crippen molar-refractivity contribution in [2.24, 2.45) is 0 Å². The van der Waals surface area contributed by atoms with Gasteiger partial charge in [-0.3, -0.25) is 4.79 Å². The monoisotopic (exact) mass is 279 g/mol. The van der Waals surface area contributed by atoms with Crippen LogP contribution in [0, 0.1) is 0 Å². The van der Waals surface area contributed by atoms with E-state index in [1.165, 1.54) is 0 Å². The first-order chi connectivity index (χ1) is 7.63. The molecule has 0 aliphatic rings. The van der Waals surface area contributed by atoms with Crippen molar-refractivity contribution in [3.8, 4) is 0 Å². The molecule has 3 heteroatoms. The molecule has 2 nitrogen and oxygen atoms in total. The summed E-state index contributed by atoms with van der Waals surface area (Å²) in [4.78, 5) is 12.2. The van der Waals surface area contributed by atoms with Crippen LogP contribution in [0.25, 0.3) is 10.8 Å². The van der Waals surface area contributed by atoms with Crippen LogP contribution in [0.2, 0.25) is 0 Å². The van der Waals surface area contributed by atoms with Crippen LogP contribution in [-0.4, -0.2) is 4.57 Å². The summed E-state index contributed by atoms with van der Waals surface area (Å²) in [7, 11) is 0. The van der Waals surface area contributed by atoms with Crippen molar-refractivity contribution in [1.29, 1.82) is 0 Å². The molecule has 1 aromatic heterocycles. The number of rotatable bonds is 2. The highest BCUT2D eigenvalue weighted by atomic mass is 79.9. The third-order valence-electron chi connectivity index (χ3n) is 2.96. The van der Waals surface area contributed by atoms with E-state index in [-0.39, 0.29) is 11.6 Å². The molecule has 0 fully saturated rings. The predicted octanol–water partition coefficient (Wildman–Crippen LogP) is 3.74. The summed E-state index contributed by atoms with van der Waals surface area (Å²) in [5.74, 6) is 0. The zero-order valence-electron chi connectivity index (χ0n) is 9.40. The molecule has 0 radical (unpaired) electrons. The van der Waals surface area contributed by atoms with Gasteiger partial charge in [0.25, 0.3) is 5.56 Å². The molecule has 0 bridgehead atoms. The average molecular weight is 280 g/mol. The molecule has 0 saturated carbocycles. The highest BCUT2D eigenvalue weighted by Crippen LogP contribution is 2.18. The Balaban J connectivity index is 2.71. The maximum absolute atomic E-state index is 12.2. The van der Waals surface area contributed by atoms with Gasteiger partial charge in [0, 0.05) is 22.1 Å². The Labute approximate surface area is 103 Å². The van der Waals surface area contributed by atoms with E-state index in [1.807, 2.05) is 30.5 Å². The van der Waals surface area contributed by atoms with Gasteiger partial charge in [-0.2, -0.15) is 0 Å². The normalized spacial score (nSPS) is 12.9. The summed E-state index contributed by atoms with van der Waals surface area (Å²) in [5.41, 5.74) is 0.0966. The van der Waals surface area contributed by atoms with Gasteiger partial charge in [0.05, 0.1) is 0 Å². The topological polar surface area (TPSA) is 22.0 Å². The molecule has 0 saturated heterocycles. The van der Waals surface area contributed by atoms with Crippen molar-refractivity contribution in [1.82, 2.24) is 4.57 Å². The van der Waals surface area contributed by atoms with Crippen molar-refractivity contribution in [3.05, 3.63) is 45.3 Å². The first-order valence-corrected chi connectivity index (χ1v) is 6.23. The summed E-state index contributed by atoms with van der Waals surface area (Å²) in [6.07, 6.45) is 2.84. The number of nitrogens with zero attached hydrogens (tertiary/aromatic N) is 1. The summed E-state index contributed by atoms with van der Waals surface area (Å²) >= 11 is 3.41. The minimum Gasteiger partial charge on any atom is -0.312 e. The van der Waals surface area contributed by atoms with Crippen LogP contribution in [0.4, 0.5) is 0 Å². The Bertz CT molecular complexity index is 574. The quantitative estimate of drug-likeness (QED) is 0.821. The van der Waals surface area contributed by atoms with Gasteiger partial charge in [-0.1, -0.05) is 22.9 Å². The number of hydrogen-bond acceptors (Lipinski definition) is 1. The Hall–Kier alpha value is -1.09. The van der Waals surface area contributed by atoms with E-state index in [4.69, 9.17) is 0 Å². The first kappa shape index (κ1) is 11.4. The molecule has 1 aromatic carbocycles. The van der Waals surface area contributed by atoms with Crippen LogP contribution in [0.5, 0.6) is 0 Å². The summed E-state index contributed by atoms with van der Waals surface area (Å²) in [6.45, 7) is 4.15. The second kappa shape index (κ2) is 4.42. The third kappa shape index (κ3) is 1.92. The molecule has 0 spiro atoms. The van der Waals surface area contributed by atoms with Gasteiger partial charge in [-0.25, -0.2) is 0 Å². The fourth-order valence-electron chi connectivity index (χ4n) is 1.78. The van der Waals surface area contributed by atoms with Gasteiger partial charge in [-0.05, 0) is 43.0 Å². The fourth-order valence-corrected chi connectivity index (χ4v) is 2.16. The molecule has 0 amide bonds. The third-order valence-corrected chi connectivity index (χ3v) is 3.45. The molecule has 0 N–H and O–H groups in total. The van der Waals surface area contributed by atoms with E-state index in [0.29, 0.717) is 0 Å². The Kier molecular flexibility index (Phi) is 3.15. The predicted molar refractivity (Wildman–Crippen MR) is 70.9 cm³/mol. The first-order valence-electron chi connectivity index (χ1n) is 5.44. The van der Waals surface area contributed by atoms with Crippen LogP contribution in [0.1, 0.15) is 26.3 Å². The molecule has 0 aliphatic heterocycles. The van der Waals surface area contributed by atoms with Crippen molar-refractivity contribution in [2.75, 3.05) is 0 Å². The van der Waals surface area contributed by atoms with E-state index in [9.17, 15) is 4.79 Å². The summed E-state index contributed by atoms with van der Waals surface area (Å²) < 4.78 is 2.80. The van der Waals surface area contributed by atoms with Gasteiger partial charge >= 0.3 is 0 Å². The number of hydrogen-bond donors (Lipinski definition) is 0. The molecule has 84 valence electrons. The number of fused-ring (bicyclic) bond motifs is 1. The molecule has 1 heterocycles. The number of halogens is 1. The molecule has 2 aromatic rings. The van der Waals surface area contributed by atoms with Crippen LogP contribution in [0.15, 0.2) is 39.7 Å². The van der Waals surface area contributed by atoms with Crippen molar-refractivity contribution in [3.63, 3.8) is 0 Å². The van der Waals surface area contributed by atoms with E-state index in [2.05, 4.69) is 29.8 Å². The zero-order chi connectivity index (χ0) is 11.7.